The second-order valence-electron chi connectivity index (χ2n) is 4.64. The molecule has 1 heterocycles. The lowest BCUT2D eigenvalue weighted by Crippen LogP contribution is -2.38. The summed E-state index contributed by atoms with van der Waals surface area (Å²) in [6.07, 6.45) is 2.53. The largest absolute Gasteiger partial charge is 0.334 e. The lowest BCUT2D eigenvalue weighted by atomic mass is 10.2. The summed E-state index contributed by atoms with van der Waals surface area (Å²) in [5.74, 6) is 0. The third-order valence-electron chi connectivity index (χ3n) is 3.06. The highest BCUT2D eigenvalue weighted by Gasteiger charge is 2.07. The van der Waals surface area contributed by atoms with E-state index < -0.39 is 0 Å². The van der Waals surface area contributed by atoms with Crippen molar-refractivity contribution in [3.8, 4) is 0 Å². The first-order chi connectivity index (χ1) is 9.75. The van der Waals surface area contributed by atoms with E-state index in [0.29, 0.717) is 13.1 Å². The van der Waals surface area contributed by atoms with Crippen molar-refractivity contribution in [2.75, 3.05) is 13.6 Å². The molecule has 4 heteroatoms. The van der Waals surface area contributed by atoms with Gasteiger partial charge in [0, 0.05) is 38.4 Å². The van der Waals surface area contributed by atoms with E-state index in [2.05, 4.69) is 10.3 Å². The molecule has 4 nitrogen and oxygen atoms in total. The van der Waals surface area contributed by atoms with E-state index in [1.54, 1.807) is 18.1 Å². The number of aromatic nitrogens is 1. The number of hydrogen-bond acceptors (Lipinski definition) is 2. The number of nitrogens with one attached hydrogen (secondary N) is 1. The number of carbonyl (C=O) groups is 1. The standard InChI is InChI=1S/C16H19N3O/c1-19(12-10-15-9-5-6-11-17-15)16(20)18-13-14-7-3-2-4-8-14/h2-9,11H,10,12-13H2,1H3,(H,18,20). The van der Waals surface area contributed by atoms with Crippen molar-refractivity contribution >= 4 is 6.03 Å². The molecule has 2 amide bonds. The molecule has 2 aromatic rings. The number of benzene rings is 1. The second kappa shape index (κ2) is 7.28. The smallest absolute Gasteiger partial charge is 0.317 e. The Bertz CT molecular complexity index is 528. The minimum absolute atomic E-state index is 0.0650. The van der Waals surface area contributed by atoms with Crippen LogP contribution in [0.2, 0.25) is 0 Å². The fourth-order valence-corrected chi connectivity index (χ4v) is 1.84. The SMILES string of the molecule is CN(CCc1ccccn1)C(=O)NCc1ccccc1. The molecule has 104 valence electrons. The number of rotatable bonds is 5. The van der Waals surface area contributed by atoms with Crippen LogP contribution in [0.5, 0.6) is 0 Å². The normalized spacial score (nSPS) is 10.1. The molecule has 0 aliphatic carbocycles. The summed E-state index contributed by atoms with van der Waals surface area (Å²) in [7, 11) is 1.79. The molecule has 0 bridgehead atoms. The van der Waals surface area contributed by atoms with Crippen molar-refractivity contribution in [3.05, 3.63) is 66.0 Å². The summed E-state index contributed by atoms with van der Waals surface area (Å²) in [5.41, 5.74) is 2.09. The predicted octanol–water partition coefficient (Wildman–Crippen LogP) is 2.47. The molecule has 1 aromatic heterocycles. The third-order valence-corrected chi connectivity index (χ3v) is 3.06. The van der Waals surface area contributed by atoms with Gasteiger partial charge in [0.25, 0.3) is 0 Å². The minimum Gasteiger partial charge on any atom is -0.334 e. The topological polar surface area (TPSA) is 45.2 Å². The summed E-state index contributed by atoms with van der Waals surface area (Å²) in [5, 5.41) is 2.90. The van der Waals surface area contributed by atoms with E-state index >= 15 is 0 Å². The van der Waals surface area contributed by atoms with Crippen molar-refractivity contribution in [1.82, 2.24) is 15.2 Å². The van der Waals surface area contributed by atoms with Crippen LogP contribution in [-0.2, 0) is 13.0 Å². The van der Waals surface area contributed by atoms with Gasteiger partial charge >= 0.3 is 6.03 Å². The number of urea groups is 1. The molecular weight excluding hydrogens is 250 g/mol. The molecule has 0 saturated carbocycles. The Balaban J connectivity index is 1.75. The lowest BCUT2D eigenvalue weighted by molar-refractivity contribution is 0.209. The zero-order chi connectivity index (χ0) is 14.2. The summed E-state index contributed by atoms with van der Waals surface area (Å²) in [4.78, 5) is 17.9. The van der Waals surface area contributed by atoms with Crippen molar-refractivity contribution in [2.45, 2.75) is 13.0 Å². The molecule has 0 unspecified atom stereocenters. The van der Waals surface area contributed by atoms with E-state index in [9.17, 15) is 4.79 Å². The van der Waals surface area contributed by atoms with Crippen LogP contribution < -0.4 is 5.32 Å². The molecule has 20 heavy (non-hydrogen) atoms. The van der Waals surface area contributed by atoms with Crippen LogP contribution in [0.15, 0.2) is 54.7 Å². The van der Waals surface area contributed by atoms with Crippen LogP contribution in [0.4, 0.5) is 4.79 Å². The summed E-state index contributed by atoms with van der Waals surface area (Å²) in [6.45, 7) is 1.20. The van der Waals surface area contributed by atoms with Gasteiger partial charge < -0.3 is 10.2 Å². The van der Waals surface area contributed by atoms with Gasteiger partial charge in [-0.05, 0) is 17.7 Å². The number of likely N-dealkylation sites (N-methyl/N-ethyl adjacent to an activating group) is 1. The number of hydrogen-bond donors (Lipinski definition) is 1. The van der Waals surface area contributed by atoms with Gasteiger partial charge in [-0.15, -0.1) is 0 Å². The molecule has 0 atom stereocenters. The molecule has 0 aliphatic heterocycles. The number of pyridine rings is 1. The number of amides is 2. The van der Waals surface area contributed by atoms with Gasteiger partial charge in [-0.3, -0.25) is 4.98 Å². The zero-order valence-electron chi connectivity index (χ0n) is 11.6. The Kier molecular flexibility index (Phi) is 5.12. The minimum atomic E-state index is -0.0650. The molecule has 0 spiro atoms. The molecule has 0 radical (unpaired) electrons. The highest BCUT2D eigenvalue weighted by Crippen LogP contribution is 1.99. The quantitative estimate of drug-likeness (QED) is 0.906. The van der Waals surface area contributed by atoms with E-state index in [1.807, 2.05) is 48.5 Å². The van der Waals surface area contributed by atoms with E-state index in [-0.39, 0.29) is 6.03 Å². The van der Waals surface area contributed by atoms with Gasteiger partial charge in [0.05, 0.1) is 0 Å². The third kappa shape index (κ3) is 4.39. The van der Waals surface area contributed by atoms with Crippen LogP contribution >= 0.6 is 0 Å². The molecular formula is C16H19N3O. The highest BCUT2D eigenvalue weighted by atomic mass is 16.2. The number of nitrogens with zero attached hydrogens (tertiary/aromatic N) is 2. The fraction of sp³-hybridized carbons (Fsp3) is 0.250. The molecule has 0 fully saturated rings. The average Bonchev–Trinajstić information content (AvgIpc) is 2.52. The van der Waals surface area contributed by atoms with Crippen LogP contribution in [-0.4, -0.2) is 29.5 Å². The summed E-state index contributed by atoms with van der Waals surface area (Å²) >= 11 is 0. The van der Waals surface area contributed by atoms with Gasteiger partial charge in [0.15, 0.2) is 0 Å². The van der Waals surface area contributed by atoms with Crippen LogP contribution in [0.3, 0.4) is 0 Å². The Morgan fingerprint density at radius 2 is 1.90 bits per heavy atom. The van der Waals surface area contributed by atoms with Crippen LogP contribution in [0.1, 0.15) is 11.3 Å². The fourth-order valence-electron chi connectivity index (χ4n) is 1.84. The monoisotopic (exact) mass is 269 g/mol. The van der Waals surface area contributed by atoms with Crippen molar-refractivity contribution in [2.24, 2.45) is 0 Å². The van der Waals surface area contributed by atoms with E-state index in [0.717, 1.165) is 17.7 Å². The highest BCUT2D eigenvalue weighted by molar-refractivity contribution is 5.73. The van der Waals surface area contributed by atoms with E-state index in [4.69, 9.17) is 0 Å². The van der Waals surface area contributed by atoms with Crippen molar-refractivity contribution in [3.63, 3.8) is 0 Å². The van der Waals surface area contributed by atoms with Gasteiger partial charge in [-0.2, -0.15) is 0 Å². The Morgan fingerprint density at radius 3 is 2.60 bits per heavy atom. The molecule has 2 rings (SSSR count). The van der Waals surface area contributed by atoms with Crippen LogP contribution in [0, 0.1) is 0 Å². The Morgan fingerprint density at radius 1 is 1.15 bits per heavy atom. The maximum absolute atomic E-state index is 11.9. The maximum atomic E-state index is 11.9. The lowest BCUT2D eigenvalue weighted by Gasteiger charge is -2.17. The van der Waals surface area contributed by atoms with Crippen LogP contribution in [0.25, 0.3) is 0 Å². The molecule has 1 aromatic carbocycles. The molecule has 1 N–H and O–H groups in total. The predicted molar refractivity (Wildman–Crippen MR) is 79.2 cm³/mol. The molecule has 0 saturated heterocycles. The first-order valence-electron chi connectivity index (χ1n) is 6.68. The first-order valence-corrected chi connectivity index (χ1v) is 6.68. The summed E-state index contributed by atoms with van der Waals surface area (Å²) in [6, 6.07) is 15.6. The van der Waals surface area contributed by atoms with Gasteiger partial charge in [0.2, 0.25) is 0 Å². The first kappa shape index (κ1) is 14.1. The van der Waals surface area contributed by atoms with Gasteiger partial charge in [-0.25, -0.2) is 4.79 Å². The van der Waals surface area contributed by atoms with Gasteiger partial charge in [0.1, 0.15) is 0 Å². The zero-order valence-corrected chi connectivity index (χ0v) is 11.6. The van der Waals surface area contributed by atoms with E-state index in [1.165, 1.54) is 0 Å². The Labute approximate surface area is 119 Å². The van der Waals surface area contributed by atoms with Crippen molar-refractivity contribution < 1.29 is 4.79 Å². The second-order valence-corrected chi connectivity index (χ2v) is 4.64. The van der Waals surface area contributed by atoms with Crippen molar-refractivity contribution in [1.29, 1.82) is 0 Å². The van der Waals surface area contributed by atoms with Gasteiger partial charge in [-0.1, -0.05) is 36.4 Å². The Hall–Kier alpha value is -2.36. The number of carbonyl (C=O) groups excluding carboxylic acids is 1. The maximum Gasteiger partial charge on any atom is 0.317 e. The molecule has 0 aliphatic rings. The average molecular weight is 269 g/mol. The summed E-state index contributed by atoms with van der Waals surface area (Å²) < 4.78 is 0.